The van der Waals surface area contributed by atoms with Crippen LogP contribution in [-0.2, 0) is 0 Å². The van der Waals surface area contributed by atoms with Gasteiger partial charge in [0.2, 0.25) is 5.82 Å². The number of rotatable bonds is 5. The molecule has 0 saturated heterocycles. The van der Waals surface area contributed by atoms with Gasteiger partial charge in [-0.2, -0.15) is 4.39 Å². The van der Waals surface area contributed by atoms with E-state index in [4.69, 9.17) is 0 Å². The highest BCUT2D eigenvalue weighted by Gasteiger charge is 2.22. The maximum absolute atomic E-state index is 13.3. The van der Waals surface area contributed by atoms with Gasteiger partial charge in [-0.1, -0.05) is 13.8 Å². The van der Waals surface area contributed by atoms with Crippen LogP contribution in [0, 0.1) is 27.7 Å². The Labute approximate surface area is 103 Å². The van der Waals surface area contributed by atoms with Crippen LogP contribution in [0.1, 0.15) is 13.8 Å². The van der Waals surface area contributed by atoms with Gasteiger partial charge >= 0.3 is 5.69 Å². The molecule has 2 N–H and O–H groups in total. The van der Waals surface area contributed by atoms with E-state index in [1.165, 1.54) is 0 Å². The lowest BCUT2D eigenvalue weighted by Crippen LogP contribution is -2.25. The molecule has 18 heavy (non-hydrogen) atoms. The van der Waals surface area contributed by atoms with Gasteiger partial charge in [0.1, 0.15) is 11.5 Å². The van der Waals surface area contributed by atoms with Crippen molar-refractivity contribution in [2.24, 2.45) is 5.92 Å². The van der Waals surface area contributed by atoms with Crippen LogP contribution in [0.25, 0.3) is 0 Å². The molecule has 1 atom stereocenters. The Hall–Kier alpha value is -1.76. The van der Waals surface area contributed by atoms with Crippen LogP contribution in [0.3, 0.4) is 0 Å². The molecule has 0 spiro atoms. The quantitative estimate of drug-likeness (QED) is 0.629. The van der Waals surface area contributed by atoms with E-state index >= 15 is 0 Å². The number of benzene rings is 1. The summed E-state index contributed by atoms with van der Waals surface area (Å²) in [6.07, 6.45) is -0.768. The second-order valence-corrected chi connectivity index (χ2v) is 4.23. The summed E-state index contributed by atoms with van der Waals surface area (Å²) < 4.78 is 26.2. The van der Waals surface area contributed by atoms with E-state index in [-0.39, 0.29) is 18.2 Å². The van der Waals surface area contributed by atoms with Gasteiger partial charge in [-0.15, -0.1) is 0 Å². The van der Waals surface area contributed by atoms with E-state index in [9.17, 15) is 24.0 Å². The number of aliphatic hydroxyl groups excluding tert-OH is 1. The van der Waals surface area contributed by atoms with Crippen LogP contribution in [0.5, 0.6) is 0 Å². The molecule has 0 bridgehead atoms. The third kappa shape index (κ3) is 3.36. The van der Waals surface area contributed by atoms with Crippen molar-refractivity contribution in [3.63, 3.8) is 0 Å². The van der Waals surface area contributed by atoms with Crippen molar-refractivity contribution < 1.29 is 18.8 Å². The fourth-order valence-corrected chi connectivity index (χ4v) is 1.34. The average Bonchev–Trinajstić information content (AvgIpc) is 2.23. The van der Waals surface area contributed by atoms with Gasteiger partial charge in [-0.05, 0) is 5.92 Å². The number of aliphatic hydroxyl groups is 1. The molecule has 0 heterocycles. The Morgan fingerprint density at radius 3 is 2.56 bits per heavy atom. The average molecular weight is 260 g/mol. The fraction of sp³-hybridized carbons (Fsp3) is 0.455. The van der Waals surface area contributed by atoms with Crippen LogP contribution in [0.15, 0.2) is 12.1 Å². The molecule has 0 aromatic heterocycles. The summed E-state index contributed by atoms with van der Waals surface area (Å²) >= 11 is 0. The minimum atomic E-state index is -1.25. The Bertz CT molecular complexity index is 452. The molecule has 1 aromatic rings. The molecule has 1 aromatic carbocycles. The second-order valence-electron chi connectivity index (χ2n) is 4.23. The van der Waals surface area contributed by atoms with Crippen LogP contribution in [0.4, 0.5) is 20.2 Å². The molecule has 100 valence electrons. The van der Waals surface area contributed by atoms with Crippen molar-refractivity contribution in [3.8, 4) is 0 Å². The van der Waals surface area contributed by atoms with Crippen LogP contribution in [-0.4, -0.2) is 22.7 Å². The van der Waals surface area contributed by atoms with Crippen molar-refractivity contribution in [1.29, 1.82) is 0 Å². The predicted octanol–water partition coefficient (Wildman–Crippen LogP) is 2.30. The molecule has 0 radical (unpaired) electrons. The standard InChI is InChI=1S/C11H14F2N2O3/c1-6(2)10(16)5-14-9-4-7(12)3-8(13)11(9)15(17)18/h3-4,6,10,14,16H,5H2,1-2H3. The molecule has 0 fully saturated rings. The molecule has 5 nitrogen and oxygen atoms in total. The smallest absolute Gasteiger partial charge is 0.327 e. The zero-order chi connectivity index (χ0) is 13.9. The van der Waals surface area contributed by atoms with Crippen molar-refractivity contribution in [2.75, 3.05) is 11.9 Å². The first-order chi connectivity index (χ1) is 8.32. The maximum Gasteiger partial charge on any atom is 0.327 e. The highest BCUT2D eigenvalue weighted by molar-refractivity contribution is 5.62. The lowest BCUT2D eigenvalue weighted by atomic mass is 10.1. The lowest BCUT2D eigenvalue weighted by Gasteiger charge is -2.16. The molecular weight excluding hydrogens is 246 g/mol. The van der Waals surface area contributed by atoms with Gasteiger partial charge in [0.05, 0.1) is 11.0 Å². The summed E-state index contributed by atoms with van der Waals surface area (Å²) in [5, 5.41) is 22.7. The molecule has 7 heteroatoms. The summed E-state index contributed by atoms with van der Waals surface area (Å²) in [6.45, 7) is 3.49. The fourth-order valence-electron chi connectivity index (χ4n) is 1.34. The summed E-state index contributed by atoms with van der Waals surface area (Å²) in [5.41, 5.74) is -1.11. The number of nitro benzene ring substituents is 1. The van der Waals surface area contributed by atoms with E-state index < -0.39 is 28.3 Å². The van der Waals surface area contributed by atoms with Crippen molar-refractivity contribution >= 4 is 11.4 Å². The van der Waals surface area contributed by atoms with E-state index in [1.807, 2.05) is 0 Å². The minimum Gasteiger partial charge on any atom is -0.391 e. The van der Waals surface area contributed by atoms with Gasteiger partial charge in [-0.25, -0.2) is 4.39 Å². The first-order valence-corrected chi connectivity index (χ1v) is 5.38. The topological polar surface area (TPSA) is 75.4 Å². The van der Waals surface area contributed by atoms with Crippen molar-refractivity contribution in [3.05, 3.63) is 33.9 Å². The molecule has 0 saturated carbocycles. The third-order valence-corrected chi connectivity index (χ3v) is 2.48. The molecule has 1 rings (SSSR count). The highest BCUT2D eigenvalue weighted by atomic mass is 19.1. The molecule has 0 amide bonds. The van der Waals surface area contributed by atoms with Crippen LogP contribution in [0.2, 0.25) is 0 Å². The lowest BCUT2D eigenvalue weighted by molar-refractivity contribution is -0.386. The Morgan fingerprint density at radius 1 is 1.44 bits per heavy atom. The normalized spacial score (nSPS) is 12.6. The van der Waals surface area contributed by atoms with Gasteiger partial charge in [0, 0.05) is 18.7 Å². The highest BCUT2D eigenvalue weighted by Crippen LogP contribution is 2.28. The zero-order valence-electron chi connectivity index (χ0n) is 9.98. The maximum atomic E-state index is 13.3. The molecule has 0 aliphatic carbocycles. The van der Waals surface area contributed by atoms with E-state index in [1.54, 1.807) is 13.8 Å². The van der Waals surface area contributed by atoms with Gasteiger partial charge in [0.25, 0.3) is 0 Å². The summed E-state index contributed by atoms with van der Waals surface area (Å²) in [7, 11) is 0. The Kier molecular flexibility index (Phi) is 4.55. The largest absolute Gasteiger partial charge is 0.391 e. The Morgan fingerprint density at radius 2 is 2.06 bits per heavy atom. The van der Waals surface area contributed by atoms with Gasteiger partial charge in [-0.3, -0.25) is 10.1 Å². The summed E-state index contributed by atoms with van der Waals surface area (Å²) in [4.78, 5) is 9.74. The molecule has 0 aliphatic heterocycles. The van der Waals surface area contributed by atoms with Gasteiger partial charge in [0.15, 0.2) is 0 Å². The SMILES string of the molecule is CC(C)C(O)CNc1cc(F)cc(F)c1[N+](=O)[O-]. The summed E-state index contributed by atoms with van der Waals surface area (Å²) in [6, 6.07) is 1.27. The van der Waals surface area contributed by atoms with E-state index in [0.717, 1.165) is 6.07 Å². The second kappa shape index (κ2) is 5.72. The predicted molar refractivity (Wildman–Crippen MR) is 62.3 cm³/mol. The third-order valence-electron chi connectivity index (χ3n) is 2.48. The Balaban J connectivity index is 2.97. The van der Waals surface area contributed by atoms with Crippen molar-refractivity contribution in [2.45, 2.75) is 20.0 Å². The molecule has 1 unspecified atom stereocenters. The zero-order valence-corrected chi connectivity index (χ0v) is 9.98. The van der Waals surface area contributed by atoms with Crippen LogP contribution < -0.4 is 5.32 Å². The number of hydrogen-bond acceptors (Lipinski definition) is 4. The first kappa shape index (κ1) is 14.3. The number of nitrogens with zero attached hydrogens (tertiary/aromatic N) is 1. The van der Waals surface area contributed by atoms with E-state index in [2.05, 4.69) is 5.32 Å². The summed E-state index contributed by atoms with van der Waals surface area (Å²) in [5.74, 6) is -2.24. The number of halogens is 2. The number of nitro groups is 1. The first-order valence-electron chi connectivity index (χ1n) is 5.38. The minimum absolute atomic E-state index is 0.0264. The van der Waals surface area contributed by atoms with E-state index in [0.29, 0.717) is 6.07 Å². The van der Waals surface area contributed by atoms with Gasteiger partial charge < -0.3 is 10.4 Å². The molecule has 0 aliphatic rings. The number of anilines is 1. The van der Waals surface area contributed by atoms with Crippen LogP contribution >= 0.6 is 0 Å². The molecular formula is C11H14F2N2O3. The number of hydrogen-bond donors (Lipinski definition) is 2. The van der Waals surface area contributed by atoms with Crippen molar-refractivity contribution in [1.82, 2.24) is 0 Å². The monoisotopic (exact) mass is 260 g/mol. The number of nitrogens with one attached hydrogen (secondary N) is 1.